The van der Waals surface area contributed by atoms with Gasteiger partial charge in [0, 0.05) is 6.54 Å². The van der Waals surface area contributed by atoms with Gasteiger partial charge in [-0.1, -0.05) is 24.6 Å². The van der Waals surface area contributed by atoms with Crippen LogP contribution in [0.25, 0.3) is 0 Å². The fourth-order valence-electron chi connectivity index (χ4n) is 2.64. The summed E-state index contributed by atoms with van der Waals surface area (Å²) in [6, 6.07) is 9.78. The quantitative estimate of drug-likeness (QED) is 0.820. The molecule has 1 aromatic rings. The predicted octanol–water partition coefficient (Wildman–Crippen LogP) is 1.95. The fourth-order valence-corrected chi connectivity index (χ4v) is 2.64. The highest BCUT2D eigenvalue weighted by molar-refractivity contribution is 5.20. The molecule has 1 fully saturated rings. The molecular weight excluding hydrogens is 214 g/mol. The Labute approximate surface area is 103 Å². The van der Waals surface area contributed by atoms with E-state index >= 15 is 0 Å². The number of ether oxygens (including phenoxy) is 1. The van der Waals surface area contributed by atoms with Crippen LogP contribution in [-0.4, -0.2) is 23.9 Å². The van der Waals surface area contributed by atoms with Crippen molar-refractivity contribution in [2.75, 3.05) is 13.2 Å². The molecule has 3 nitrogen and oxygen atoms in total. The van der Waals surface area contributed by atoms with Gasteiger partial charge >= 0.3 is 0 Å². The van der Waals surface area contributed by atoms with Crippen LogP contribution < -0.4 is 10.5 Å². The Morgan fingerprint density at radius 3 is 2.82 bits per heavy atom. The van der Waals surface area contributed by atoms with Crippen molar-refractivity contribution in [3.8, 4) is 5.75 Å². The average Bonchev–Trinajstić information content (AvgIpc) is 2.73. The highest BCUT2D eigenvalue weighted by Crippen LogP contribution is 2.37. The van der Waals surface area contributed by atoms with E-state index < -0.39 is 5.60 Å². The molecule has 0 aromatic heterocycles. The zero-order valence-corrected chi connectivity index (χ0v) is 10.1. The summed E-state index contributed by atoms with van der Waals surface area (Å²) in [5.41, 5.74) is 5.00. The van der Waals surface area contributed by atoms with Crippen molar-refractivity contribution in [1.82, 2.24) is 0 Å². The standard InChI is InChI=1S/C14H21NO2/c15-11-14(16)9-4-5-12(14)8-10-17-13-6-2-1-3-7-13/h1-3,6-7,12,16H,4-5,8-11,15H2. The normalized spacial score (nSPS) is 28.2. The van der Waals surface area contributed by atoms with Crippen molar-refractivity contribution >= 4 is 0 Å². The number of nitrogens with two attached hydrogens (primary N) is 1. The Kier molecular flexibility index (Phi) is 4.02. The van der Waals surface area contributed by atoms with E-state index in [9.17, 15) is 5.11 Å². The monoisotopic (exact) mass is 235 g/mol. The van der Waals surface area contributed by atoms with E-state index in [4.69, 9.17) is 10.5 Å². The van der Waals surface area contributed by atoms with Gasteiger partial charge in [0.15, 0.2) is 0 Å². The molecule has 2 unspecified atom stereocenters. The van der Waals surface area contributed by atoms with E-state index in [1.807, 2.05) is 30.3 Å². The molecular formula is C14H21NO2. The smallest absolute Gasteiger partial charge is 0.119 e. The van der Waals surface area contributed by atoms with Crippen LogP contribution in [-0.2, 0) is 0 Å². The highest BCUT2D eigenvalue weighted by atomic mass is 16.5. The van der Waals surface area contributed by atoms with Crippen LogP contribution >= 0.6 is 0 Å². The minimum Gasteiger partial charge on any atom is -0.494 e. The lowest BCUT2D eigenvalue weighted by atomic mass is 9.88. The molecule has 0 amide bonds. The number of hydrogen-bond acceptors (Lipinski definition) is 3. The number of hydrogen-bond donors (Lipinski definition) is 2. The molecule has 0 heterocycles. The average molecular weight is 235 g/mol. The molecule has 0 bridgehead atoms. The van der Waals surface area contributed by atoms with Gasteiger partial charge < -0.3 is 15.6 Å². The number of benzene rings is 1. The van der Waals surface area contributed by atoms with Crippen LogP contribution in [0.5, 0.6) is 5.75 Å². The Balaban J connectivity index is 1.79. The summed E-state index contributed by atoms with van der Waals surface area (Å²) in [7, 11) is 0. The second-order valence-corrected chi connectivity index (χ2v) is 4.85. The van der Waals surface area contributed by atoms with E-state index in [0.717, 1.165) is 31.4 Å². The largest absolute Gasteiger partial charge is 0.494 e. The first kappa shape index (κ1) is 12.4. The second kappa shape index (κ2) is 5.52. The van der Waals surface area contributed by atoms with Crippen LogP contribution in [0, 0.1) is 5.92 Å². The SMILES string of the molecule is NCC1(O)CCCC1CCOc1ccccc1. The zero-order valence-electron chi connectivity index (χ0n) is 10.1. The molecule has 0 aliphatic heterocycles. The third-order valence-electron chi connectivity index (χ3n) is 3.75. The molecule has 2 atom stereocenters. The molecule has 1 aliphatic rings. The molecule has 1 aromatic carbocycles. The van der Waals surface area contributed by atoms with Crippen molar-refractivity contribution in [1.29, 1.82) is 0 Å². The second-order valence-electron chi connectivity index (χ2n) is 4.85. The maximum Gasteiger partial charge on any atom is 0.119 e. The lowest BCUT2D eigenvalue weighted by Gasteiger charge is -2.28. The molecule has 2 rings (SSSR count). The molecule has 1 saturated carbocycles. The number of rotatable bonds is 5. The summed E-state index contributed by atoms with van der Waals surface area (Å²) in [6.45, 7) is 1.01. The Morgan fingerprint density at radius 2 is 2.12 bits per heavy atom. The molecule has 1 aliphatic carbocycles. The van der Waals surface area contributed by atoms with Crippen LogP contribution in [0.2, 0.25) is 0 Å². The van der Waals surface area contributed by atoms with Crippen molar-refractivity contribution in [2.45, 2.75) is 31.3 Å². The summed E-state index contributed by atoms with van der Waals surface area (Å²) in [5.74, 6) is 1.18. The summed E-state index contributed by atoms with van der Waals surface area (Å²) in [4.78, 5) is 0. The zero-order chi connectivity index (χ0) is 12.1. The molecule has 0 radical (unpaired) electrons. The van der Waals surface area contributed by atoms with Crippen LogP contribution in [0.15, 0.2) is 30.3 Å². The Morgan fingerprint density at radius 1 is 1.35 bits per heavy atom. The predicted molar refractivity (Wildman–Crippen MR) is 67.9 cm³/mol. The highest BCUT2D eigenvalue weighted by Gasteiger charge is 2.39. The van der Waals surface area contributed by atoms with Gasteiger partial charge in [-0.3, -0.25) is 0 Å². The maximum atomic E-state index is 10.3. The third kappa shape index (κ3) is 2.99. The summed E-state index contributed by atoms with van der Waals surface area (Å²) in [6.07, 6.45) is 3.84. The first-order valence-corrected chi connectivity index (χ1v) is 6.35. The van der Waals surface area contributed by atoms with Crippen molar-refractivity contribution in [3.05, 3.63) is 30.3 Å². The topological polar surface area (TPSA) is 55.5 Å². The minimum atomic E-state index is -0.653. The number of para-hydroxylation sites is 1. The summed E-state index contributed by atoms with van der Waals surface area (Å²) < 4.78 is 5.65. The van der Waals surface area contributed by atoms with Crippen molar-refractivity contribution in [2.24, 2.45) is 11.7 Å². The van der Waals surface area contributed by atoms with Gasteiger partial charge in [0.25, 0.3) is 0 Å². The lowest BCUT2D eigenvalue weighted by Crippen LogP contribution is -2.41. The molecule has 94 valence electrons. The van der Waals surface area contributed by atoms with Crippen molar-refractivity contribution in [3.63, 3.8) is 0 Å². The minimum absolute atomic E-state index is 0.288. The maximum absolute atomic E-state index is 10.3. The van der Waals surface area contributed by atoms with Gasteiger partial charge in [0.05, 0.1) is 12.2 Å². The third-order valence-corrected chi connectivity index (χ3v) is 3.75. The van der Waals surface area contributed by atoms with E-state index in [-0.39, 0.29) is 5.92 Å². The van der Waals surface area contributed by atoms with Gasteiger partial charge in [0.1, 0.15) is 5.75 Å². The van der Waals surface area contributed by atoms with Gasteiger partial charge in [-0.05, 0) is 37.3 Å². The molecule has 3 N–H and O–H groups in total. The van der Waals surface area contributed by atoms with E-state index in [1.54, 1.807) is 0 Å². The lowest BCUT2D eigenvalue weighted by molar-refractivity contribution is 0.00355. The van der Waals surface area contributed by atoms with Gasteiger partial charge in [0.2, 0.25) is 0 Å². The molecule has 0 spiro atoms. The van der Waals surface area contributed by atoms with Gasteiger partial charge in [-0.25, -0.2) is 0 Å². The first-order valence-electron chi connectivity index (χ1n) is 6.35. The van der Waals surface area contributed by atoms with E-state index in [0.29, 0.717) is 13.2 Å². The Hall–Kier alpha value is -1.06. The fraction of sp³-hybridized carbons (Fsp3) is 0.571. The summed E-state index contributed by atoms with van der Waals surface area (Å²) >= 11 is 0. The van der Waals surface area contributed by atoms with Gasteiger partial charge in [-0.2, -0.15) is 0 Å². The molecule has 17 heavy (non-hydrogen) atoms. The summed E-state index contributed by atoms with van der Waals surface area (Å²) in [5, 5.41) is 10.3. The number of aliphatic hydroxyl groups is 1. The van der Waals surface area contributed by atoms with Gasteiger partial charge in [-0.15, -0.1) is 0 Å². The van der Waals surface area contributed by atoms with Crippen LogP contribution in [0.1, 0.15) is 25.7 Å². The van der Waals surface area contributed by atoms with E-state index in [1.165, 1.54) is 0 Å². The Bertz CT molecular complexity index is 341. The van der Waals surface area contributed by atoms with E-state index in [2.05, 4.69) is 0 Å². The first-order chi connectivity index (χ1) is 8.24. The molecule has 0 saturated heterocycles. The van der Waals surface area contributed by atoms with Crippen molar-refractivity contribution < 1.29 is 9.84 Å². The van der Waals surface area contributed by atoms with Crippen LogP contribution in [0.4, 0.5) is 0 Å². The molecule has 3 heteroatoms. The van der Waals surface area contributed by atoms with Crippen LogP contribution in [0.3, 0.4) is 0 Å².